The van der Waals surface area contributed by atoms with Crippen LogP contribution in [0.2, 0.25) is 0 Å². The molecule has 60 valence electrons. The molecular formula is C10H14O. The van der Waals surface area contributed by atoms with Gasteiger partial charge in [-0.1, -0.05) is 25.2 Å². The fourth-order valence-corrected chi connectivity index (χ4v) is 1.59. The summed E-state index contributed by atoms with van der Waals surface area (Å²) in [5.74, 6) is 5.71. The smallest absolute Gasteiger partial charge is 0.208 e. The average Bonchev–Trinajstić information content (AvgIpc) is 2.07. The maximum atomic E-state index is 11.2. The van der Waals surface area contributed by atoms with E-state index in [4.69, 9.17) is 0 Å². The van der Waals surface area contributed by atoms with Crippen molar-refractivity contribution in [1.82, 2.24) is 0 Å². The second-order valence-electron chi connectivity index (χ2n) is 3.07. The first kappa shape index (κ1) is 8.33. The zero-order valence-electron chi connectivity index (χ0n) is 7.02. The molecule has 1 aliphatic rings. The van der Waals surface area contributed by atoms with Gasteiger partial charge in [0.1, 0.15) is 0 Å². The zero-order valence-corrected chi connectivity index (χ0v) is 7.02. The van der Waals surface area contributed by atoms with Crippen LogP contribution < -0.4 is 0 Å². The second kappa shape index (κ2) is 4.18. The number of Topliss-reactive ketones (excluding diaryl/α,β-unsaturated/α-hetero) is 1. The van der Waals surface area contributed by atoms with E-state index < -0.39 is 0 Å². The van der Waals surface area contributed by atoms with Crippen LogP contribution in [-0.4, -0.2) is 5.78 Å². The Kier molecular flexibility index (Phi) is 3.16. The molecule has 0 aromatic carbocycles. The molecule has 0 heterocycles. The molecule has 1 aliphatic carbocycles. The highest BCUT2D eigenvalue weighted by Gasteiger charge is 2.18. The van der Waals surface area contributed by atoms with Gasteiger partial charge in [-0.2, -0.15) is 0 Å². The molecule has 1 rings (SSSR count). The average molecular weight is 150 g/mol. The predicted octanol–water partition coefficient (Wildman–Crippen LogP) is 2.16. The largest absolute Gasteiger partial charge is 0.285 e. The molecule has 1 fully saturated rings. The monoisotopic (exact) mass is 150 g/mol. The Morgan fingerprint density at radius 1 is 1.27 bits per heavy atom. The van der Waals surface area contributed by atoms with Crippen molar-refractivity contribution in [3.63, 3.8) is 0 Å². The van der Waals surface area contributed by atoms with Gasteiger partial charge in [0.15, 0.2) is 0 Å². The van der Waals surface area contributed by atoms with E-state index in [0.717, 1.165) is 12.8 Å². The van der Waals surface area contributed by atoms with Crippen LogP contribution >= 0.6 is 0 Å². The van der Waals surface area contributed by atoms with Crippen molar-refractivity contribution in [2.75, 3.05) is 0 Å². The third kappa shape index (κ3) is 2.38. The molecule has 0 aliphatic heterocycles. The predicted molar refractivity (Wildman–Crippen MR) is 45.0 cm³/mol. The van der Waals surface area contributed by atoms with Crippen molar-refractivity contribution in [2.24, 2.45) is 5.92 Å². The Labute approximate surface area is 68.2 Å². The van der Waals surface area contributed by atoms with Crippen LogP contribution in [0, 0.1) is 17.8 Å². The molecule has 0 unspecified atom stereocenters. The molecule has 0 spiro atoms. The fourth-order valence-electron chi connectivity index (χ4n) is 1.59. The summed E-state index contributed by atoms with van der Waals surface area (Å²) in [6.45, 7) is 1.72. The zero-order chi connectivity index (χ0) is 8.10. The Balaban J connectivity index is 2.43. The van der Waals surface area contributed by atoms with Crippen molar-refractivity contribution < 1.29 is 4.79 Å². The molecule has 1 nitrogen and oxygen atoms in total. The second-order valence-corrected chi connectivity index (χ2v) is 3.07. The molecule has 0 N–H and O–H groups in total. The van der Waals surface area contributed by atoms with E-state index in [-0.39, 0.29) is 11.7 Å². The van der Waals surface area contributed by atoms with Gasteiger partial charge in [0.2, 0.25) is 5.78 Å². The third-order valence-corrected chi connectivity index (χ3v) is 2.22. The van der Waals surface area contributed by atoms with Gasteiger partial charge in [0.05, 0.1) is 0 Å². The molecular weight excluding hydrogens is 136 g/mol. The standard InChI is InChI=1S/C10H14O/c1-2-6-10(11)9-7-4-3-5-8-9/h9H,3-5,7-8H2,1H3. The van der Waals surface area contributed by atoms with E-state index >= 15 is 0 Å². The van der Waals surface area contributed by atoms with Crippen molar-refractivity contribution in [2.45, 2.75) is 39.0 Å². The van der Waals surface area contributed by atoms with E-state index in [1.165, 1.54) is 19.3 Å². The van der Waals surface area contributed by atoms with Crippen molar-refractivity contribution in [1.29, 1.82) is 0 Å². The van der Waals surface area contributed by atoms with E-state index in [1.807, 2.05) is 0 Å². The van der Waals surface area contributed by atoms with E-state index in [1.54, 1.807) is 6.92 Å². The molecule has 0 atom stereocenters. The third-order valence-electron chi connectivity index (χ3n) is 2.22. The van der Waals surface area contributed by atoms with Crippen LogP contribution in [-0.2, 0) is 4.79 Å². The minimum atomic E-state index is 0.159. The van der Waals surface area contributed by atoms with Crippen LogP contribution in [0.25, 0.3) is 0 Å². The number of carbonyl (C=O) groups excluding carboxylic acids is 1. The maximum absolute atomic E-state index is 11.2. The van der Waals surface area contributed by atoms with Crippen LogP contribution in [0.3, 0.4) is 0 Å². The molecule has 1 saturated carbocycles. The summed E-state index contributed by atoms with van der Waals surface area (Å²) in [4.78, 5) is 11.2. The minimum absolute atomic E-state index is 0.159. The molecule has 0 amide bonds. The summed E-state index contributed by atoms with van der Waals surface area (Å²) in [6, 6.07) is 0. The highest BCUT2D eigenvalue weighted by Crippen LogP contribution is 2.23. The van der Waals surface area contributed by atoms with Gasteiger partial charge in [0.25, 0.3) is 0 Å². The molecule has 0 saturated heterocycles. The molecule has 0 bridgehead atoms. The number of ketones is 1. The van der Waals surface area contributed by atoms with Crippen LogP contribution in [0.5, 0.6) is 0 Å². The topological polar surface area (TPSA) is 17.1 Å². The molecule has 1 heteroatoms. The number of hydrogen-bond acceptors (Lipinski definition) is 1. The Bertz CT molecular complexity index is 189. The lowest BCUT2D eigenvalue weighted by Crippen LogP contribution is -2.15. The van der Waals surface area contributed by atoms with Gasteiger partial charge in [-0.15, -0.1) is 0 Å². The summed E-state index contributed by atoms with van der Waals surface area (Å²) >= 11 is 0. The summed E-state index contributed by atoms with van der Waals surface area (Å²) in [6.07, 6.45) is 5.84. The number of hydrogen-bond donors (Lipinski definition) is 0. The minimum Gasteiger partial charge on any atom is -0.285 e. The number of carbonyl (C=O) groups is 1. The van der Waals surface area contributed by atoms with E-state index in [9.17, 15) is 4.79 Å². The molecule has 0 aromatic heterocycles. The maximum Gasteiger partial charge on any atom is 0.208 e. The Morgan fingerprint density at radius 3 is 2.45 bits per heavy atom. The number of rotatable bonds is 1. The highest BCUT2D eigenvalue weighted by atomic mass is 16.1. The van der Waals surface area contributed by atoms with Crippen molar-refractivity contribution >= 4 is 5.78 Å². The van der Waals surface area contributed by atoms with Gasteiger partial charge in [-0.3, -0.25) is 4.79 Å². The molecule has 11 heavy (non-hydrogen) atoms. The quantitative estimate of drug-likeness (QED) is 0.413. The first-order chi connectivity index (χ1) is 5.34. The lowest BCUT2D eigenvalue weighted by atomic mass is 9.86. The SMILES string of the molecule is CC#CC(=O)C1CCCCC1. The summed E-state index contributed by atoms with van der Waals surface area (Å²) in [7, 11) is 0. The van der Waals surface area contributed by atoms with Gasteiger partial charge < -0.3 is 0 Å². The molecule has 0 radical (unpaired) electrons. The van der Waals surface area contributed by atoms with Gasteiger partial charge in [0, 0.05) is 5.92 Å². The highest BCUT2D eigenvalue weighted by molar-refractivity contribution is 5.97. The normalized spacial score (nSPS) is 18.6. The molecule has 0 aromatic rings. The van der Waals surface area contributed by atoms with Crippen molar-refractivity contribution in [3.05, 3.63) is 0 Å². The van der Waals surface area contributed by atoms with Crippen LogP contribution in [0.4, 0.5) is 0 Å². The lowest BCUT2D eigenvalue weighted by Gasteiger charge is -2.17. The van der Waals surface area contributed by atoms with E-state index in [2.05, 4.69) is 11.8 Å². The summed E-state index contributed by atoms with van der Waals surface area (Å²) in [5.41, 5.74) is 0. The lowest BCUT2D eigenvalue weighted by molar-refractivity contribution is -0.118. The van der Waals surface area contributed by atoms with E-state index in [0.29, 0.717) is 0 Å². The summed E-state index contributed by atoms with van der Waals surface area (Å²) < 4.78 is 0. The first-order valence-electron chi connectivity index (χ1n) is 4.31. The van der Waals surface area contributed by atoms with Gasteiger partial charge in [-0.25, -0.2) is 0 Å². The van der Waals surface area contributed by atoms with Crippen molar-refractivity contribution in [3.8, 4) is 11.8 Å². The fraction of sp³-hybridized carbons (Fsp3) is 0.700. The van der Waals surface area contributed by atoms with Crippen LogP contribution in [0.15, 0.2) is 0 Å². The first-order valence-corrected chi connectivity index (χ1v) is 4.31. The van der Waals surface area contributed by atoms with Gasteiger partial charge in [-0.05, 0) is 25.7 Å². The Hall–Kier alpha value is -0.770. The van der Waals surface area contributed by atoms with Crippen LogP contribution in [0.1, 0.15) is 39.0 Å². The summed E-state index contributed by atoms with van der Waals surface area (Å²) in [5, 5.41) is 0. The van der Waals surface area contributed by atoms with Gasteiger partial charge >= 0.3 is 0 Å². The Morgan fingerprint density at radius 2 is 1.91 bits per heavy atom.